The van der Waals surface area contributed by atoms with E-state index in [1.54, 1.807) is 0 Å². The number of nitrogens with zero attached hydrogens (tertiary/aromatic N) is 1. The van der Waals surface area contributed by atoms with Gasteiger partial charge in [-0.05, 0) is 61.0 Å². The number of carbonyl (C=O) groups excluding carboxylic acids is 1. The monoisotopic (exact) mass is 462 g/mol. The van der Waals surface area contributed by atoms with Crippen LogP contribution in [-0.2, 0) is 6.18 Å². The van der Waals surface area contributed by atoms with Gasteiger partial charge in [0.05, 0.1) is 18.2 Å². The molecule has 0 fully saturated rings. The van der Waals surface area contributed by atoms with Crippen LogP contribution >= 0.6 is 0 Å². The number of benzene rings is 3. The molecule has 3 aromatic rings. The highest BCUT2D eigenvalue weighted by Gasteiger charge is 2.37. The molecular formula is C23H15F5N2O3. The minimum absolute atomic E-state index is 0.0121. The number of methoxy groups -OCH3 is 1. The highest BCUT2D eigenvalue weighted by molar-refractivity contribution is 6.06. The molecule has 0 unspecified atom stereocenters. The van der Waals surface area contributed by atoms with Crippen molar-refractivity contribution < 1.29 is 36.2 Å². The molecule has 1 amide bonds. The summed E-state index contributed by atoms with van der Waals surface area (Å²) in [6.07, 6.45) is -5.07. The molecule has 0 saturated heterocycles. The Labute approximate surface area is 185 Å². The second-order valence-corrected chi connectivity index (χ2v) is 6.79. The standard InChI is InChI=1S/C23H15F5N2O3/c1-12-9-14(24)3-6-17(12)33-19-8-5-16(23(26,27)28)21(25)20(19)22(31)30-15-4-7-18(32-2)13(10-15)11-29/h3-10H,1-2H3,(H,30,31). The van der Waals surface area contributed by atoms with Crippen LogP contribution in [0.3, 0.4) is 0 Å². The number of anilines is 1. The van der Waals surface area contributed by atoms with Gasteiger partial charge in [-0.1, -0.05) is 0 Å². The summed E-state index contributed by atoms with van der Waals surface area (Å²) in [5.41, 5.74) is -2.35. The average Bonchev–Trinajstić information content (AvgIpc) is 2.74. The maximum absolute atomic E-state index is 14.9. The Kier molecular flexibility index (Phi) is 6.53. The van der Waals surface area contributed by atoms with Gasteiger partial charge >= 0.3 is 6.18 Å². The molecule has 0 aliphatic heterocycles. The Balaban J connectivity index is 2.07. The van der Waals surface area contributed by atoms with Gasteiger partial charge in [0, 0.05) is 5.69 Å². The van der Waals surface area contributed by atoms with Gasteiger partial charge in [-0.3, -0.25) is 4.79 Å². The Morgan fingerprint density at radius 1 is 1.00 bits per heavy atom. The van der Waals surface area contributed by atoms with Crippen molar-refractivity contribution >= 4 is 11.6 Å². The molecule has 33 heavy (non-hydrogen) atoms. The lowest BCUT2D eigenvalue weighted by Gasteiger charge is -2.17. The summed E-state index contributed by atoms with van der Waals surface area (Å²) in [5, 5.41) is 11.4. The molecule has 0 saturated carbocycles. The molecule has 10 heteroatoms. The second-order valence-electron chi connectivity index (χ2n) is 6.79. The van der Waals surface area contributed by atoms with Gasteiger partial charge in [0.25, 0.3) is 5.91 Å². The molecular weight excluding hydrogens is 447 g/mol. The normalized spacial score (nSPS) is 11.0. The van der Waals surface area contributed by atoms with E-state index >= 15 is 0 Å². The van der Waals surface area contributed by atoms with Crippen molar-refractivity contribution in [2.45, 2.75) is 13.1 Å². The Bertz CT molecular complexity index is 1270. The smallest absolute Gasteiger partial charge is 0.419 e. The van der Waals surface area contributed by atoms with Crippen LogP contribution in [0.15, 0.2) is 48.5 Å². The third kappa shape index (κ3) is 5.03. The molecule has 3 aromatic carbocycles. The number of aryl methyl sites for hydroxylation is 1. The highest BCUT2D eigenvalue weighted by Crippen LogP contribution is 2.38. The van der Waals surface area contributed by atoms with E-state index in [1.807, 2.05) is 6.07 Å². The number of ether oxygens (including phenoxy) is 2. The van der Waals surface area contributed by atoms with E-state index in [0.717, 1.165) is 18.2 Å². The highest BCUT2D eigenvalue weighted by atomic mass is 19.4. The zero-order valence-electron chi connectivity index (χ0n) is 17.2. The van der Waals surface area contributed by atoms with Gasteiger partial charge < -0.3 is 14.8 Å². The van der Waals surface area contributed by atoms with Crippen molar-refractivity contribution in [3.05, 3.63) is 82.4 Å². The van der Waals surface area contributed by atoms with Gasteiger partial charge in [0.1, 0.15) is 34.7 Å². The molecule has 0 atom stereocenters. The van der Waals surface area contributed by atoms with Crippen molar-refractivity contribution in [3.63, 3.8) is 0 Å². The zero-order valence-corrected chi connectivity index (χ0v) is 17.2. The van der Waals surface area contributed by atoms with Crippen molar-refractivity contribution in [3.8, 4) is 23.3 Å². The molecule has 0 heterocycles. The third-order valence-electron chi connectivity index (χ3n) is 4.57. The summed E-state index contributed by atoms with van der Waals surface area (Å²) in [7, 11) is 1.33. The summed E-state index contributed by atoms with van der Waals surface area (Å²) in [6.45, 7) is 1.47. The molecule has 0 radical (unpaired) electrons. The van der Waals surface area contributed by atoms with Gasteiger partial charge in [-0.25, -0.2) is 8.78 Å². The van der Waals surface area contributed by atoms with Crippen LogP contribution in [0.4, 0.5) is 27.6 Å². The van der Waals surface area contributed by atoms with Crippen molar-refractivity contribution in [2.24, 2.45) is 0 Å². The Hall–Kier alpha value is -4.13. The van der Waals surface area contributed by atoms with Crippen molar-refractivity contribution in [1.82, 2.24) is 0 Å². The number of hydrogen-bond acceptors (Lipinski definition) is 4. The minimum atomic E-state index is -5.07. The summed E-state index contributed by atoms with van der Waals surface area (Å²) < 4.78 is 78.5. The van der Waals surface area contributed by atoms with E-state index in [9.17, 15) is 32.0 Å². The Morgan fingerprint density at radius 3 is 2.27 bits per heavy atom. The fraction of sp³-hybridized carbons (Fsp3) is 0.130. The number of nitrogens with one attached hydrogen (secondary N) is 1. The second kappa shape index (κ2) is 9.16. The molecule has 0 aliphatic rings. The van der Waals surface area contributed by atoms with E-state index in [2.05, 4.69) is 5.32 Å². The van der Waals surface area contributed by atoms with E-state index in [0.29, 0.717) is 6.07 Å². The van der Waals surface area contributed by atoms with Crippen LogP contribution in [0.5, 0.6) is 17.2 Å². The van der Waals surface area contributed by atoms with Gasteiger partial charge in [-0.2, -0.15) is 18.4 Å². The lowest BCUT2D eigenvalue weighted by molar-refractivity contribution is -0.140. The van der Waals surface area contributed by atoms with Crippen LogP contribution < -0.4 is 14.8 Å². The van der Waals surface area contributed by atoms with Gasteiger partial charge in [0.15, 0.2) is 5.82 Å². The molecule has 0 bridgehead atoms. The zero-order chi connectivity index (χ0) is 24.3. The fourth-order valence-electron chi connectivity index (χ4n) is 2.99. The molecule has 0 aliphatic carbocycles. The Morgan fingerprint density at radius 2 is 1.67 bits per heavy atom. The van der Waals surface area contributed by atoms with Crippen LogP contribution in [0, 0.1) is 29.9 Å². The van der Waals surface area contributed by atoms with Gasteiger partial charge in [-0.15, -0.1) is 0 Å². The number of alkyl halides is 3. The van der Waals surface area contributed by atoms with Crippen molar-refractivity contribution in [2.75, 3.05) is 12.4 Å². The van der Waals surface area contributed by atoms with Crippen molar-refractivity contribution in [1.29, 1.82) is 5.26 Å². The maximum Gasteiger partial charge on any atom is 0.419 e. The summed E-state index contributed by atoms with van der Waals surface area (Å²) in [6, 6.07) is 10.3. The number of amides is 1. The summed E-state index contributed by atoms with van der Waals surface area (Å²) >= 11 is 0. The van der Waals surface area contributed by atoms with E-state index < -0.39 is 40.6 Å². The first-order chi connectivity index (χ1) is 15.5. The maximum atomic E-state index is 14.9. The lowest BCUT2D eigenvalue weighted by atomic mass is 10.1. The average molecular weight is 462 g/mol. The lowest BCUT2D eigenvalue weighted by Crippen LogP contribution is -2.19. The first kappa shape index (κ1) is 23.5. The largest absolute Gasteiger partial charge is 0.495 e. The summed E-state index contributed by atoms with van der Waals surface area (Å²) in [5.74, 6) is -3.96. The van der Waals surface area contributed by atoms with E-state index in [1.165, 1.54) is 38.3 Å². The molecule has 5 nitrogen and oxygen atoms in total. The predicted octanol–water partition coefficient (Wildman–Crippen LogP) is 6.22. The molecule has 0 spiro atoms. The SMILES string of the molecule is COc1ccc(NC(=O)c2c(Oc3ccc(F)cc3C)ccc(C(F)(F)F)c2F)cc1C#N. The molecule has 1 N–H and O–H groups in total. The number of rotatable bonds is 5. The topological polar surface area (TPSA) is 71.3 Å². The number of nitriles is 1. The van der Waals surface area contributed by atoms with E-state index in [-0.39, 0.29) is 28.3 Å². The minimum Gasteiger partial charge on any atom is -0.495 e. The quantitative estimate of drug-likeness (QED) is 0.457. The first-order valence-corrected chi connectivity index (χ1v) is 9.28. The third-order valence-corrected chi connectivity index (χ3v) is 4.57. The van der Waals surface area contributed by atoms with Crippen LogP contribution in [0.1, 0.15) is 27.0 Å². The van der Waals surface area contributed by atoms with Gasteiger partial charge in [0.2, 0.25) is 0 Å². The summed E-state index contributed by atoms with van der Waals surface area (Å²) in [4.78, 5) is 12.8. The molecule has 170 valence electrons. The number of hydrogen-bond donors (Lipinski definition) is 1. The van der Waals surface area contributed by atoms with Crippen LogP contribution in [0.2, 0.25) is 0 Å². The van der Waals surface area contributed by atoms with Crippen LogP contribution in [0.25, 0.3) is 0 Å². The number of halogens is 5. The molecule has 3 rings (SSSR count). The molecule has 0 aromatic heterocycles. The first-order valence-electron chi connectivity index (χ1n) is 9.28. The van der Waals surface area contributed by atoms with E-state index in [4.69, 9.17) is 9.47 Å². The predicted molar refractivity (Wildman–Crippen MR) is 108 cm³/mol. The fourth-order valence-corrected chi connectivity index (χ4v) is 2.99. The number of carbonyl (C=O) groups is 1. The van der Waals surface area contributed by atoms with Crippen LogP contribution in [-0.4, -0.2) is 13.0 Å².